The minimum absolute atomic E-state index is 0.241. The molecule has 0 amide bonds. The summed E-state index contributed by atoms with van der Waals surface area (Å²) in [5, 5.41) is 0. The minimum Gasteiger partial charge on any atom is -0.348 e. The Morgan fingerprint density at radius 1 is 1.05 bits per heavy atom. The molecule has 2 unspecified atom stereocenters. The molecule has 0 spiro atoms. The molecule has 3 nitrogen and oxygen atoms in total. The van der Waals surface area contributed by atoms with Gasteiger partial charge in [-0.1, -0.05) is 51.9 Å². The summed E-state index contributed by atoms with van der Waals surface area (Å²) in [6.45, 7) is 6.94. The molecule has 0 aromatic rings. The molecule has 0 aromatic heterocycles. The summed E-state index contributed by atoms with van der Waals surface area (Å²) in [5.41, 5.74) is 6.19. The normalized spacial score (nSPS) is 23.1. The van der Waals surface area contributed by atoms with E-state index in [1.807, 2.05) is 13.8 Å². The molecule has 1 heterocycles. The monoisotopic (exact) mass is 285 g/mol. The molecule has 2 atom stereocenters. The number of hydrogen-bond donors (Lipinski definition) is 1. The summed E-state index contributed by atoms with van der Waals surface area (Å²) in [6, 6.07) is 0.331. The predicted molar refractivity (Wildman–Crippen MR) is 84.7 cm³/mol. The Kier molecular flexibility index (Phi) is 8.74. The zero-order valence-corrected chi connectivity index (χ0v) is 13.8. The van der Waals surface area contributed by atoms with E-state index in [2.05, 4.69) is 6.92 Å². The molecule has 0 bridgehead atoms. The van der Waals surface area contributed by atoms with Gasteiger partial charge in [0, 0.05) is 6.04 Å². The first kappa shape index (κ1) is 17.9. The lowest BCUT2D eigenvalue weighted by Gasteiger charge is -2.18. The minimum atomic E-state index is -0.396. The molecular formula is C17H35NO2. The Labute approximate surface area is 125 Å². The standard InChI is InChI=1S/C17H35NO2/c1-4-5-6-7-8-9-10-11-15(18)12-13-16-14-19-17(2,3)20-16/h15-16H,4-14,18H2,1-3H3. The van der Waals surface area contributed by atoms with Gasteiger partial charge in [-0.2, -0.15) is 0 Å². The van der Waals surface area contributed by atoms with Crippen molar-refractivity contribution in [1.29, 1.82) is 0 Å². The molecule has 0 saturated carbocycles. The van der Waals surface area contributed by atoms with Gasteiger partial charge in [0.25, 0.3) is 0 Å². The number of rotatable bonds is 11. The average molecular weight is 285 g/mol. The quantitative estimate of drug-likeness (QED) is 0.573. The van der Waals surface area contributed by atoms with Gasteiger partial charge in [0.2, 0.25) is 0 Å². The van der Waals surface area contributed by atoms with Crippen LogP contribution < -0.4 is 5.73 Å². The van der Waals surface area contributed by atoms with E-state index in [-0.39, 0.29) is 6.10 Å². The van der Waals surface area contributed by atoms with Crippen molar-refractivity contribution in [2.24, 2.45) is 5.73 Å². The van der Waals surface area contributed by atoms with Crippen LogP contribution in [-0.2, 0) is 9.47 Å². The third-order valence-electron chi connectivity index (χ3n) is 4.11. The lowest BCUT2D eigenvalue weighted by Crippen LogP contribution is -2.24. The topological polar surface area (TPSA) is 44.5 Å². The van der Waals surface area contributed by atoms with Crippen LogP contribution in [0.1, 0.15) is 85.0 Å². The zero-order chi connectivity index (χ0) is 14.8. The highest BCUT2D eigenvalue weighted by atomic mass is 16.7. The van der Waals surface area contributed by atoms with E-state index in [1.165, 1.54) is 44.9 Å². The van der Waals surface area contributed by atoms with E-state index in [0.29, 0.717) is 6.04 Å². The largest absolute Gasteiger partial charge is 0.348 e. The molecule has 1 fully saturated rings. The third kappa shape index (κ3) is 8.23. The van der Waals surface area contributed by atoms with Crippen LogP contribution in [0.15, 0.2) is 0 Å². The van der Waals surface area contributed by atoms with E-state index in [4.69, 9.17) is 15.2 Å². The average Bonchev–Trinajstić information content (AvgIpc) is 2.75. The van der Waals surface area contributed by atoms with Gasteiger partial charge in [-0.15, -0.1) is 0 Å². The van der Waals surface area contributed by atoms with Crippen LogP contribution in [0.3, 0.4) is 0 Å². The highest BCUT2D eigenvalue weighted by Gasteiger charge is 2.32. The van der Waals surface area contributed by atoms with Crippen molar-refractivity contribution in [3.05, 3.63) is 0 Å². The number of hydrogen-bond acceptors (Lipinski definition) is 3. The molecule has 120 valence electrons. The third-order valence-corrected chi connectivity index (χ3v) is 4.11. The maximum absolute atomic E-state index is 6.19. The molecule has 1 aliphatic heterocycles. The van der Waals surface area contributed by atoms with Crippen LogP contribution in [0.25, 0.3) is 0 Å². The Bertz CT molecular complexity index is 243. The number of unbranched alkanes of at least 4 members (excludes halogenated alkanes) is 6. The van der Waals surface area contributed by atoms with Gasteiger partial charge >= 0.3 is 0 Å². The molecule has 0 radical (unpaired) electrons. The van der Waals surface area contributed by atoms with Gasteiger partial charge in [-0.25, -0.2) is 0 Å². The van der Waals surface area contributed by atoms with Crippen LogP contribution >= 0.6 is 0 Å². The lowest BCUT2D eigenvalue weighted by molar-refractivity contribution is -0.139. The lowest BCUT2D eigenvalue weighted by atomic mass is 10.0. The van der Waals surface area contributed by atoms with Crippen LogP contribution in [0.2, 0.25) is 0 Å². The van der Waals surface area contributed by atoms with Crippen molar-refractivity contribution in [2.75, 3.05) is 6.61 Å². The molecule has 20 heavy (non-hydrogen) atoms. The summed E-state index contributed by atoms with van der Waals surface area (Å²) >= 11 is 0. The van der Waals surface area contributed by atoms with Crippen molar-refractivity contribution < 1.29 is 9.47 Å². The van der Waals surface area contributed by atoms with E-state index in [1.54, 1.807) is 0 Å². The Morgan fingerprint density at radius 2 is 1.70 bits per heavy atom. The number of ether oxygens (including phenoxy) is 2. The van der Waals surface area contributed by atoms with Gasteiger partial charge in [-0.05, 0) is 33.1 Å². The zero-order valence-electron chi connectivity index (χ0n) is 13.8. The Hall–Kier alpha value is -0.120. The molecule has 0 aromatic carbocycles. The molecule has 2 N–H and O–H groups in total. The maximum atomic E-state index is 6.19. The van der Waals surface area contributed by atoms with E-state index < -0.39 is 5.79 Å². The molecule has 1 rings (SSSR count). The van der Waals surface area contributed by atoms with Crippen LogP contribution in [-0.4, -0.2) is 24.5 Å². The first-order valence-electron chi connectivity index (χ1n) is 8.61. The fraction of sp³-hybridized carbons (Fsp3) is 1.00. The Morgan fingerprint density at radius 3 is 2.30 bits per heavy atom. The van der Waals surface area contributed by atoms with E-state index >= 15 is 0 Å². The second-order valence-electron chi connectivity index (χ2n) is 6.70. The van der Waals surface area contributed by atoms with Gasteiger partial charge < -0.3 is 15.2 Å². The van der Waals surface area contributed by atoms with Crippen molar-refractivity contribution in [3.63, 3.8) is 0 Å². The summed E-state index contributed by atoms with van der Waals surface area (Å²) in [5.74, 6) is -0.396. The van der Waals surface area contributed by atoms with E-state index in [9.17, 15) is 0 Å². The molecule has 0 aliphatic carbocycles. The van der Waals surface area contributed by atoms with Gasteiger partial charge in [0.1, 0.15) is 0 Å². The second-order valence-corrected chi connectivity index (χ2v) is 6.70. The van der Waals surface area contributed by atoms with Gasteiger partial charge in [0.15, 0.2) is 5.79 Å². The molecule has 1 saturated heterocycles. The second kappa shape index (κ2) is 9.75. The summed E-state index contributed by atoms with van der Waals surface area (Å²) in [4.78, 5) is 0. The van der Waals surface area contributed by atoms with Crippen molar-refractivity contribution in [1.82, 2.24) is 0 Å². The smallest absolute Gasteiger partial charge is 0.163 e. The number of nitrogens with two attached hydrogens (primary N) is 1. The molecule has 1 aliphatic rings. The maximum Gasteiger partial charge on any atom is 0.163 e. The summed E-state index contributed by atoms with van der Waals surface area (Å²) < 4.78 is 11.4. The summed E-state index contributed by atoms with van der Waals surface area (Å²) in [6.07, 6.45) is 13.0. The molecular weight excluding hydrogens is 250 g/mol. The Balaban J connectivity index is 1.92. The van der Waals surface area contributed by atoms with E-state index in [0.717, 1.165) is 25.9 Å². The predicted octanol–water partition coefficient (Wildman–Crippen LogP) is 4.39. The van der Waals surface area contributed by atoms with Crippen LogP contribution in [0, 0.1) is 0 Å². The molecule has 3 heteroatoms. The fourth-order valence-electron chi connectivity index (χ4n) is 2.81. The van der Waals surface area contributed by atoms with Crippen molar-refractivity contribution in [3.8, 4) is 0 Å². The van der Waals surface area contributed by atoms with Crippen LogP contribution in [0.4, 0.5) is 0 Å². The summed E-state index contributed by atoms with van der Waals surface area (Å²) in [7, 11) is 0. The van der Waals surface area contributed by atoms with Gasteiger partial charge in [0.05, 0.1) is 12.7 Å². The SMILES string of the molecule is CCCCCCCCCC(N)CCC1COC(C)(C)O1. The highest BCUT2D eigenvalue weighted by molar-refractivity contribution is 4.73. The van der Waals surface area contributed by atoms with Gasteiger partial charge in [-0.3, -0.25) is 0 Å². The van der Waals surface area contributed by atoms with Crippen LogP contribution in [0.5, 0.6) is 0 Å². The van der Waals surface area contributed by atoms with Crippen molar-refractivity contribution in [2.45, 2.75) is 103 Å². The first-order valence-corrected chi connectivity index (χ1v) is 8.61. The highest BCUT2D eigenvalue weighted by Crippen LogP contribution is 2.25. The fourth-order valence-corrected chi connectivity index (χ4v) is 2.81. The first-order chi connectivity index (χ1) is 9.53. The van der Waals surface area contributed by atoms with Crippen molar-refractivity contribution >= 4 is 0 Å².